The predicted molar refractivity (Wildman–Crippen MR) is 103 cm³/mol. The van der Waals surface area contributed by atoms with Crippen LogP contribution in [-0.2, 0) is 9.59 Å². The number of ether oxygens (including phenoxy) is 1. The van der Waals surface area contributed by atoms with Crippen molar-refractivity contribution in [3.8, 4) is 5.75 Å². The van der Waals surface area contributed by atoms with Crippen LogP contribution in [0.1, 0.15) is 16.8 Å². The van der Waals surface area contributed by atoms with Crippen LogP contribution < -0.4 is 9.64 Å². The zero-order valence-electron chi connectivity index (χ0n) is 14.7. The minimum atomic E-state index is -0.558. The number of rotatable bonds is 3. The van der Waals surface area contributed by atoms with Crippen molar-refractivity contribution in [1.82, 2.24) is 0 Å². The summed E-state index contributed by atoms with van der Waals surface area (Å²) in [7, 11) is 0. The molecule has 2 fully saturated rings. The van der Waals surface area contributed by atoms with E-state index in [0.717, 1.165) is 6.42 Å². The quantitative estimate of drug-likeness (QED) is 0.343. The van der Waals surface area contributed by atoms with Crippen molar-refractivity contribution in [3.63, 3.8) is 0 Å². The number of imide groups is 1. The Kier molecular flexibility index (Phi) is 3.88. The van der Waals surface area contributed by atoms with E-state index in [1.54, 1.807) is 48.5 Å². The molecule has 5 rings (SSSR count). The third kappa shape index (κ3) is 2.50. The minimum Gasteiger partial charge on any atom is -0.421 e. The fraction of sp³-hybridized carbons (Fsp3) is 0.227. The fourth-order valence-corrected chi connectivity index (χ4v) is 4.76. The van der Waals surface area contributed by atoms with Crippen LogP contribution in [0.15, 0.2) is 60.7 Å². The Morgan fingerprint density at radius 1 is 0.929 bits per heavy atom. The van der Waals surface area contributed by atoms with Crippen molar-refractivity contribution in [1.29, 1.82) is 0 Å². The summed E-state index contributed by atoms with van der Waals surface area (Å²) in [4.78, 5) is 39.3. The van der Waals surface area contributed by atoms with Crippen LogP contribution >= 0.6 is 11.6 Å². The minimum absolute atomic E-state index is 0.141. The molecular weight excluding hydrogens is 378 g/mol. The molecule has 140 valence electrons. The van der Waals surface area contributed by atoms with Crippen LogP contribution in [0.5, 0.6) is 5.75 Å². The molecule has 5 nitrogen and oxygen atoms in total. The van der Waals surface area contributed by atoms with E-state index in [1.807, 2.05) is 0 Å². The van der Waals surface area contributed by atoms with Crippen molar-refractivity contribution in [2.75, 3.05) is 4.90 Å². The van der Waals surface area contributed by atoms with Gasteiger partial charge in [0.1, 0.15) is 5.75 Å². The van der Waals surface area contributed by atoms with Crippen LogP contribution in [0, 0.1) is 23.7 Å². The van der Waals surface area contributed by atoms with E-state index in [-0.39, 0.29) is 41.2 Å². The van der Waals surface area contributed by atoms with E-state index in [4.69, 9.17) is 16.3 Å². The van der Waals surface area contributed by atoms with E-state index < -0.39 is 5.97 Å². The molecule has 0 aromatic heterocycles. The number of anilines is 1. The standard InChI is InChI=1S/C22H16ClNO4/c23-16-3-1-2-4-17(16)28-22(27)12-7-9-15(10-8-12)24-20(25)18-13-5-6-14(11-13)19(18)21(24)26/h1-10,13-14,18-19H,11H2/t13-,14-,18-,19+/m0/s1. The van der Waals surface area contributed by atoms with Crippen molar-refractivity contribution < 1.29 is 19.1 Å². The lowest BCUT2D eigenvalue weighted by atomic mass is 9.85. The summed E-state index contributed by atoms with van der Waals surface area (Å²) >= 11 is 6.01. The number of amides is 2. The Labute approximate surface area is 166 Å². The second-order valence-electron chi connectivity index (χ2n) is 7.38. The Balaban J connectivity index is 1.36. The number of benzene rings is 2. The van der Waals surface area contributed by atoms with Crippen molar-refractivity contribution >= 4 is 35.1 Å². The summed E-state index contributed by atoms with van der Waals surface area (Å²) in [6.45, 7) is 0. The topological polar surface area (TPSA) is 63.7 Å². The van der Waals surface area contributed by atoms with Gasteiger partial charge in [-0.15, -0.1) is 0 Å². The molecule has 4 atom stereocenters. The summed E-state index contributed by atoms with van der Waals surface area (Å²) in [5.41, 5.74) is 0.794. The molecule has 0 unspecified atom stereocenters. The Hall–Kier alpha value is -2.92. The lowest BCUT2D eigenvalue weighted by molar-refractivity contribution is -0.123. The molecule has 1 heterocycles. The second-order valence-corrected chi connectivity index (χ2v) is 7.79. The van der Waals surface area contributed by atoms with Gasteiger partial charge in [0.15, 0.2) is 0 Å². The van der Waals surface area contributed by atoms with Gasteiger partial charge in [-0.05, 0) is 54.7 Å². The van der Waals surface area contributed by atoms with Gasteiger partial charge in [-0.25, -0.2) is 4.79 Å². The maximum Gasteiger partial charge on any atom is 0.343 e. The lowest BCUT2D eigenvalue weighted by Crippen LogP contribution is -2.32. The van der Waals surface area contributed by atoms with E-state index in [1.165, 1.54) is 4.90 Å². The molecule has 2 aliphatic carbocycles. The van der Waals surface area contributed by atoms with Crippen LogP contribution in [0.3, 0.4) is 0 Å². The van der Waals surface area contributed by atoms with Crippen LogP contribution in [0.2, 0.25) is 5.02 Å². The molecule has 0 N–H and O–H groups in total. The summed E-state index contributed by atoms with van der Waals surface area (Å²) in [6, 6.07) is 13.0. The molecule has 1 saturated carbocycles. The van der Waals surface area contributed by atoms with Crippen LogP contribution in [-0.4, -0.2) is 17.8 Å². The Morgan fingerprint density at radius 2 is 1.54 bits per heavy atom. The van der Waals surface area contributed by atoms with Gasteiger partial charge in [0, 0.05) is 0 Å². The van der Waals surface area contributed by atoms with Crippen LogP contribution in [0.25, 0.3) is 0 Å². The van der Waals surface area contributed by atoms with Gasteiger partial charge in [-0.2, -0.15) is 0 Å². The first-order valence-corrected chi connectivity index (χ1v) is 9.55. The molecule has 28 heavy (non-hydrogen) atoms. The molecular formula is C22H16ClNO4. The average molecular weight is 394 g/mol. The third-order valence-electron chi connectivity index (χ3n) is 5.87. The number of esters is 1. The first-order chi connectivity index (χ1) is 13.5. The first-order valence-electron chi connectivity index (χ1n) is 9.17. The average Bonchev–Trinajstić information content (AvgIpc) is 3.38. The molecule has 1 aliphatic heterocycles. The molecule has 0 spiro atoms. The summed E-state index contributed by atoms with van der Waals surface area (Å²) < 4.78 is 5.31. The largest absolute Gasteiger partial charge is 0.421 e. The normalized spacial score (nSPS) is 27.4. The van der Waals surface area contributed by atoms with Crippen molar-refractivity contribution in [2.24, 2.45) is 23.7 Å². The maximum atomic E-state index is 12.9. The summed E-state index contributed by atoms with van der Waals surface area (Å²) in [5, 5.41) is 0.343. The monoisotopic (exact) mass is 393 g/mol. The molecule has 3 aliphatic rings. The number of para-hydroxylation sites is 1. The Bertz CT molecular complexity index is 999. The zero-order chi connectivity index (χ0) is 19.4. The number of allylic oxidation sites excluding steroid dienone is 2. The molecule has 0 radical (unpaired) electrons. The molecule has 2 bridgehead atoms. The van der Waals surface area contributed by atoms with E-state index in [0.29, 0.717) is 16.3 Å². The number of hydrogen-bond donors (Lipinski definition) is 0. The molecule has 6 heteroatoms. The smallest absolute Gasteiger partial charge is 0.343 e. The predicted octanol–water partition coefficient (Wildman–Crippen LogP) is 3.87. The van der Waals surface area contributed by atoms with Gasteiger partial charge in [-0.1, -0.05) is 35.9 Å². The summed E-state index contributed by atoms with van der Waals surface area (Å²) in [6.07, 6.45) is 5.02. The maximum absolute atomic E-state index is 12.9. The van der Waals surface area contributed by atoms with Gasteiger partial charge in [0.05, 0.1) is 28.1 Å². The lowest BCUT2D eigenvalue weighted by Gasteiger charge is -2.17. The highest BCUT2D eigenvalue weighted by Gasteiger charge is 2.59. The van der Waals surface area contributed by atoms with Gasteiger partial charge >= 0.3 is 5.97 Å². The van der Waals surface area contributed by atoms with E-state index in [2.05, 4.69) is 12.2 Å². The van der Waals surface area contributed by atoms with E-state index in [9.17, 15) is 14.4 Å². The van der Waals surface area contributed by atoms with Gasteiger partial charge in [-0.3, -0.25) is 14.5 Å². The number of halogens is 1. The Morgan fingerprint density at radius 3 is 2.14 bits per heavy atom. The third-order valence-corrected chi connectivity index (χ3v) is 6.18. The number of carbonyl (C=O) groups excluding carboxylic acids is 3. The number of fused-ring (bicyclic) bond motifs is 5. The highest BCUT2D eigenvalue weighted by Crippen LogP contribution is 2.53. The van der Waals surface area contributed by atoms with E-state index >= 15 is 0 Å². The number of carbonyl (C=O) groups is 3. The number of hydrogen-bond acceptors (Lipinski definition) is 4. The van der Waals surface area contributed by atoms with Crippen LogP contribution in [0.4, 0.5) is 5.69 Å². The number of nitrogens with zero attached hydrogens (tertiary/aromatic N) is 1. The van der Waals surface area contributed by atoms with Gasteiger partial charge < -0.3 is 4.74 Å². The van der Waals surface area contributed by atoms with Crippen molar-refractivity contribution in [2.45, 2.75) is 6.42 Å². The molecule has 1 saturated heterocycles. The SMILES string of the molecule is O=C(Oc1ccccc1Cl)c1ccc(N2C(=O)[C@@H]3[C@H](C2=O)[C@H]2C=C[C@H]3C2)cc1. The second kappa shape index (κ2) is 6.31. The zero-order valence-corrected chi connectivity index (χ0v) is 15.5. The van der Waals surface area contributed by atoms with Gasteiger partial charge in [0.2, 0.25) is 11.8 Å². The first kappa shape index (κ1) is 17.2. The molecule has 2 aromatic rings. The molecule has 2 amide bonds. The molecule has 2 aromatic carbocycles. The highest BCUT2D eigenvalue weighted by atomic mass is 35.5. The van der Waals surface area contributed by atoms with Gasteiger partial charge in [0.25, 0.3) is 0 Å². The van der Waals surface area contributed by atoms with Crippen molar-refractivity contribution in [3.05, 3.63) is 71.3 Å². The fourth-order valence-electron chi connectivity index (χ4n) is 4.59. The summed E-state index contributed by atoms with van der Waals surface area (Å²) in [5.74, 6) is -0.712. The highest BCUT2D eigenvalue weighted by molar-refractivity contribution is 6.32.